The number of β-amino-alcohol motifs (C(OH)–C–C–N with tert-alkyl or cyclic N) is 1. The van der Waals surface area contributed by atoms with Crippen molar-refractivity contribution in [2.45, 2.75) is 64.4 Å². The van der Waals surface area contributed by atoms with Crippen LogP contribution in [0, 0.1) is 11.8 Å². The third kappa shape index (κ3) is 3.69. The van der Waals surface area contributed by atoms with E-state index in [4.69, 9.17) is 0 Å². The van der Waals surface area contributed by atoms with Crippen molar-refractivity contribution in [2.24, 2.45) is 11.8 Å². The Kier molecular flexibility index (Phi) is 4.48. The molecule has 2 nitrogen and oxygen atoms in total. The van der Waals surface area contributed by atoms with Crippen LogP contribution >= 0.6 is 0 Å². The molecule has 17 heavy (non-hydrogen) atoms. The summed E-state index contributed by atoms with van der Waals surface area (Å²) in [5.74, 6) is 1.76. The first-order valence-electron chi connectivity index (χ1n) is 7.56. The van der Waals surface area contributed by atoms with E-state index < -0.39 is 0 Å². The minimum atomic E-state index is -0.369. The minimum Gasteiger partial charge on any atom is -0.389 e. The standard InChI is InChI=1S/C15H29NO/c1-3-14-4-8-15(17,9-5-14)12-16-10-6-13(2)7-11-16/h13-14,17H,3-12H2,1-2H3. The lowest BCUT2D eigenvalue weighted by atomic mass is 9.77. The number of piperidine rings is 1. The average molecular weight is 239 g/mol. The Labute approximate surface area is 106 Å². The van der Waals surface area contributed by atoms with Gasteiger partial charge in [0, 0.05) is 6.54 Å². The van der Waals surface area contributed by atoms with E-state index in [0.29, 0.717) is 0 Å². The van der Waals surface area contributed by atoms with Gasteiger partial charge < -0.3 is 10.0 Å². The summed E-state index contributed by atoms with van der Waals surface area (Å²) in [6.45, 7) is 7.94. The molecule has 2 aliphatic rings. The van der Waals surface area contributed by atoms with Gasteiger partial charge >= 0.3 is 0 Å². The predicted octanol–water partition coefficient (Wildman–Crippen LogP) is 3.05. The van der Waals surface area contributed by atoms with Crippen molar-refractivity contribution < 1.29 is 5.11 Å². The van der Waals surface area contributed by atoms with Crippen molar-refractivity contribution in [1.82, 2.24) is 4.90 Å². The summed E-state index contributed by atoms with van der Waals surface area (Å²) in [4.78, 5) is 2.49. The van der Waals surface area contributed by atoms with Crippen molar-refractivity contribution in [2.75, 3.05) is 19.6 Å². The number of likely N-dealkylation sites (tertiary alicyclic amines) is 1. The normalized spacial score (nSPS) is 37.2. The maximum absolute atomic E-state index is 10.7. The van der Waals surface area contributed by atoms with Crippen molar-refractivity contribution in [1.29, 1.82) is 0 Å². The van der Waals surface area contributed by atoms with Gasteiger partial charge in [0.25, 0.3) is 0 Å². The van der Waals surface area contributed by atoms with Gasteiger partial charge in [0.15, 0.2) is 0 Å². The highest BCUT2D eigenvalue weighted by molar-refractivity contribution is 4.88. The first-order valence-corrected chi connectivity index (χ1v) is 7.56. The first kappa shape index (κ1) is 13.4. The highest BCUT2D eigenvalue weighted by atomic mass is 16.3. The Bertz CT molecular complexity index is 225. The lowest BCUT2D eigenvalue weighted by Crippen LogP contribution is -2.47. The van der Waals surface area contributed by atoms with Gasteiger partial charge in [0.2, 0.25) is 0 Å². The molecule has 1 aliphatic carbocycles. The molecule has 2 fully saturated rings. The second-order valence-electron chi connectivity index (χ2n) is 6.53. The molecule has 1 aliphatic heterocycles. The molecule has 1 heterocycles. The van der Waals surface area contributed by atoms with Crippen LogP contribution in [0.3, 0.4) is 0 Å². The summed E-state index contributed by atoms with van der Waals surface area (Å²) >= 11 is 0. The molecule has 2 heteroatoms. The molecular weight excluding hydrogens is 210 g/mol. The molecule has 1 saturated heterocycles. The van der Waals surface area contributed by atoms with E-state index in [0.717, 1.165) is 31.2 Å². The number of hydrogen-bond acceptors (Lipinski definition) is 2. The lowest BCUT2D eigenvalue weighted by Gasteiger charge is -2.41. The molecule has 0 aromatic carbocycles. The molecule has 0 spiro atoms. The van der Waals surface area contributed by atoms with Crippen LogP contribution in [-0.4, -0.2) is 35.2 Å². The third-order valence-corrected chi connectivity index (χ3v) is 5.01. The highest BCUT2D eigenvalue weighted by Crippen LogP contribution is 2.34. The molecule has 0 unspecified atom stereocenters. The summed E-state index contributed by atoms with van der Waals surface area (Å²) in [5, 5.41) is 10.7. The fraction of sp³-hybridized carbons (Fsp3) is 1.00. The first-order chi connectivity index (χ1) is 8.11. The number of aliphatic hydroxyl groups is 1. The maximum Gasteiger partial charge on any atom is 0.0774 e. The fourth-order valence-electron chi connectivity index (χ4n) is 3.42. The molecular formula is C15H29NO. The fourth-order valence-corrected chi connectivity index (χ4v) is 3.42. The van der Waals surface area contributed by atoms with Gasteiger partial charge in [0.1, 0.15) is 0 Å². The predicted molar refractivity (Wildman–Crippen MR) is 72.0 cm³/mol. The summed E-state index contributed by atoms with van der Waals surface area (Å²) in [5.41, 5.74) is -0.369. The van der Waals surface area contributed by atoms with Gasteiger partial charge in [-0.25, -0.2) is 0 Å². The number of hydrogen-bond donors (Lipinski definition) is 1. The molecule has 1 saturated carbocycles. The van der Waals surface area contributed by atoms with E-state index in [9.17, 15) is 5.11 Å². The van der Waals surface area contributed by atoms with Crippen molar-refractivity contribution in [3.63, 3.8) is 0 Å². The zero-order valence-corrected chi connectivity index (χ0v) is 11.6. The van der Waals surface area contributed by atoms with Crippen LogP contribution in [0.25, 0.3) is 0 Å². The van der Waals surface area contributed by atoms with Gasteiger partial charge in [-0.3, -0.25) is 0 Å². The van der Waals surface area contributed by atoms with E-state index in [1.54, 1.807) is 0 Å². The van der Waals surface area contributed by atoms with Gasteiger partial charge in [-0.2, -0.15) is 0 Å². The van der Waals surface area contributed by atoms with E-state index >= 15 is 0 Å². The second-order valence-corrected chi connectivity index (χ2v) is 6.53. The Morgan fingerprint density at radius 1 is 1.12 bits per heavy atom. The van der Waals surface area contributed by atoms with E-state index in [-0.39, 0.29) is 5.60 Å². The average Bonchev–Trinajstić information content (AvgIpc) is 2.33. The van der Waals surface area contributed by atoms with Crippen molar-refractivity contribution in [3.8, 4) is 0 Å². The Morgan fingerprint density at radius 2 is 1.71 bits per heavy atom. The van der Waals surface area contributed by atoms with E-state index in [1.165, 1.54) is 45.2 Å². The van der Waals surface area contributed by atoms with Gasteiger partial charge in [-0.1, -0.05) is 20.3 Å². The Hall–Kier alpha value is -0.0800. The van der Waals surface area contributed by atoms with Crippen LogP contribution in [0.2, 0.25) is 0 Å². The van der Waals surface area contributed by atoms with Gasteiger partial charge in [-0.15, -0.1) is 0 Å². The van der Waals surface area contributed by atoms with E-state index in [2.05, 4.69) is 18.7 Å². The molecule has 2 rings (SSSR count). The summed E-state index contributed by atoms with van der Waals surface area (Å²) in [7, 11) is 0. The molecule has 0 amide bonds. The number of rotatable bonds is 3. The summed E-state index contributed by atoms with van der Waals surface area (Å²) in [6.07, 6.45) is 8.43. The van der Waals surface area contributed by atoms with Crippen LogP contribution in [-0.2, 0) is 0 Å². The Morgan fingerprint density at radius 3 is 2.24 bits per heavy atom. The Balaban J connectivity index is 1.78. The van der Waals surface area contributed by atoms with Crippen LogP contribution < -0.4 is 0 Å². The highest BCUT2D eigenvalue weighted by Gasteiger charge is 2.34. The maximum atomic E-state index is 10.7. The second kappa shape index (κ2) is 5.71. The molecule has 0 radical (unpaired) electrons. The van der Waals surface area contributed by atoms with E-state index in [1.807, 2.05) is 0 Å². The van der Waals surface area contributed by atoms with Gasteiger partial charge in [-0.05, 0) is 63.5 Å². The third-order valence-electron chi connectivity index (χ3n) is 5.01. The van der Waals surface area contributed by atoms with Crippen LogP contribution in [0.4, 0.5) is 0 Å². The molecule has 0 bridgehead atoms. The smallest absolute Gasteiger partial charge is 0.0774 e. The molecule has 0 aromatic rings. The minimum absolute atomic E-state index is 0.369. The zero-order chi connectivity index (χ0) is 12.3. The van der Waals surface area contributed by atoms with Crippen LogP contribution in [0.1, 0.15) is 58.8 Å². The number of nitrogens with zero attached hydrogens (tertiary/aromatic N) is 1. The molecule has 0 aromatic heterocycles. The lowest BCUT2D eigenvalue weighted by molar-refractivity contribution is -0.0422. The van der Waals surface area contributed by atoms with Gasteiger partial charge in [0.05, 0.1) is 5.60 Å². The molecule has 100 valence electrons. The summed E-state index contributed by atoms with van der Waals surface area (Å²) < 4.78 is 0. The topological polar surface area (TPSA) is 23.5 Å². The zero-order valence-electron chi connectivity index (χ0n) is 11.6. The molecule has 1 N–H and O–H groups in total. The van der Waals surface area contributed by atoms with Crippen LogP contribution in [0.5, 0.6) is 0 Å². The largest absolute Gasteiger partial charge is 0.389 e. The monoisotopic (exact) mass is 239 g/mol. The van der Waals surface area contributed by atoms with Crippen molar-refractivity contribution >= 4 is 0 Å². The quantitative estimate of drug-likeness (QED) is 0.818. The SMILES string of the molecule is CCC1CCC(O)(CN2CCC(C)CC2)CC1. The van der Waals surface area contributed by atoms with Crippen molar-refractivity contribution in [3.05, 3.63) is 0 Å². The molecule has 0 atom stereocenters. The summed E-state index contributed by atoms with van der Waals surface area (Å²) in [6, 6.07) is 0. The van der Waals surface area contributed by atoms with Crippen LogP contribution in [0.15, 0.2) is 0 Å².